The van der Waals surface area contributed by atoms with E-state index in [1.54, 1.807) is 17.2 Å². The van der Waals surface area contributed by atoms with Crippen LogP contribution in [0.4, 0.5) is 0 Å². The lowest BCUT2D eigenvalue weighted by atomic mass is 9.93. The summed E-state index contributed by atoms with van der Waals surface area (Å²) in [5, 5.41) is 8.72. The number of hydrogen-bond donors (Lipinski definition) is 1. The normalized spacial score (nSPS) is 18.5. The van der Waals surface area contributed by atoms with Gasteiger partial charge in [0, 0.05) is 31.9 Å². The summed E-state index contributed by atoms with van der Waals surface area (Å²) in [6.45, 7) is 1.22. The number of aliphatic carboxylic acids is 1. The van der Waals surface area contributed by atoms with Gasteiger partial charge in [-0.2, -0.15) is 0 Å². The van der Waals surface area contributed by atoms with Crippen LogP contribution in [-0.2, 0) is 16.1 Å². The maximum absolute atomic E-state index is 12.2. The van der Waals surface area contributed by atoms with Crippen LogP contribution in [0.3, 0.4) is 0 Å². The fraction of sp³-hybridized carbons (Fsp3) is 0.571. The highest BCUT2D eigenvalue weighted by Gasteiger charge is 2.24. The van der Waals surface area contributed by atoms with Crippen LogP contribution in [-0.4, -0.2) is 44.5 Å². The molecule has 0 saturated carbocycles. The number of carboxylic acids is 1. The Morgan fingerprint density at radius 3 is 2.95 bits per heavy atom. The molecule has 1 amide bonds. The topological polar surface area (TPSA) is 92.5 Å². The number of aromatic nitrogens is 2. The number of amides is 1. The molecule has 0 aromatic carbocycles. The summed E-state index contributed by atoms with van der Waals surface area (Å²) >= 11 is 0. The van der Waals surface area contributed by atoms with Crippen molar-refractivity contribution in [1.82, 2.24) is 14.5 Å². The molecule has 1 fully saturated rings. The molecule has 0 aliphatic carbocycles. The first-order chi connectivity index (χ1) is 10.1. The SMILES string of the molecule is O=C(O)CCC1CCCN(C(=O)Cn2cccnc2=O)C1. The smallest absolute Gasteiger partial charge is 0.347 e. The molecule has 7 nitrogen and oxygen atoms in total. The quantitative estimate of drug-likeness (QED) is 0.845. The van der Waals surface area contributed by atoms with Gasteiger partial charge < -0.3 is 10.0 Å². The van der Waals surface area contributed by atoms with E-state index in [1.165, 1.54) is 10.8 Å². The molecule has 1 aliphatic heterocycles. The summed E-state index contributed by atoms with van der Waals surface area (Å²) in [5.41, 5.74) is -0.440. The lowest BCUT2D eigenvalue weighted by molar-refractivity contribution is -0.137. The molecule has 2 heterocycles. The van der Waals surface area contributed by atoms with Crippen LogP contribution in [0.5, 0.6) is 0 Å². The highest BCUT2D eigenvalue weighted by Crippen LogP contribution is 2.21. The van der Waals surface area contributed by atoms with Crippen molar-refractivity contribution in [2.24, 2.45) is 5.92 Å². The van der Waals surface area contributed by atoms with Gasteiger partial charge in [-0.1, -0.05) is 0 Å². The molecule has 2 rings (SSSR count). The Kier molecular flexibility index (Phi) is 5.08. The van der Waals surface area contributed by atoms with E-state index in [0.717, 1.165) is 12.8 Å². The van der Waals surface area contributed by atoms with Gasteiger partial charge in [0.25, 0.3) is 0 Å². The van der Waals surface area contributed by atoms with Crippen LogP contribution in [0, 0.1) is 5.92 Å². The van der Waals surface area contributed by atoms with Gasteiger partial charge in [-0.3, -0.25) is 14.2 Å². The third-order valence-corrected chi connectivity index (χ3v) is 3.73. The van der Waals surface area contributed by atoms with E-state index in [1.807, 2.05) is 0 Å². The predicted octanol–water partition coefficient (Wildman–Crippen LogP) is 0.347. The molecule has 0 radical (unpaired) electrons. The average molecular weight is 293 g/mol. The molecule has 7 heteroatoms. The maximum Gasteiger partial charge on any atom is 0.347 e. The van der Waals surface area contributed by atoms with Crippen molar-refractivity contribution in [2.75, 3.05) is 13.1 Å². The molecule has 21 heavy (non-hydrogen) atoms. The minimum absolute atomic E-state index is 0.0156. The first-order valence-electron chi connectivity index (χ1n) is 7.07. The molecular formula is C14H19N3O4. The maximum atomic E-state index is 12.2. The monoisotopic (exact) mass is 293 g/mol. The number of carbonyl (C=O) groups is 2. The van der Waals surface area contributed by atoms with E-state index >= 15 is 0 Å². The number of piperidine rings is 1. The van der Waals surface area contributed by atoms with Gasteiger partial charge in [0.15, 0.2) is 0 Å². The third kappa shape index (κ3) is 4.40. The molecule has 1 saturated heterocycles. The van der Waals surface area contributed by atoms with Gasteiger partial charge in [0.2, 0.25) is 5.91 Å². The number of carbonyl (C=O) groups excluding carboxylic acids is 1. The Bertz CT molecular complexity index is 569. The zero-order valence-electron chi connectivity index (χ0n) is 11.8. The molecule has 114 valence electrons. The molecule has 0 spiro atoms. The third-order valence-electron chi connectivity index (χ3n) is 3.73. The molecule has 1 aromatic rings. The van der Waals surface area contributed by atoms with Gasteiger partial charge in [-0.15, -0.1) is 0 Å². The Balaban J connectivity index is 1.91. The Hall–Kier alpha value is -2.18. The number of nitrogens with zero attached hydrogens (tertiary/aromatic N) is 3. The molecule has 0 bridgehead atoms. The highest BCUT2D eigenvalue weighted by atomic mass is 16.4. The minimum Gasteiger partial charge on any atom is -0.481 e. The van der Waals surface area contributed by atoms with Crippen molar-refractivity contribution < 1.29 is 14.7 Å². The van der Waals surface area contributed by atoms with Crippen molar-refractivity contribution in [3.63, 3.8) is 0 Å². The number of hydrogen-bond acceptors (Lipinski definition) is 4. The van der Waals surface area contributed by atoms with Crippen LogP contribution in [0.25, 0.3) is 0 Å². The van der Waals surface area contributed by atoms with Crippen LogP contribution < -0.4 is 5.69 Å². The van der Waals surface area contributed by atoms with Crippen molar-refractivity contribution in [3.8, 4) is 0 Å². The van der Waals surface area contributed by atoms with Gasteiger partial charge in [-0.25, -0.2) is 9.78 Å². The van der Waals surface area contributed by atoms with E-state index in [9.17, 15) is 14.4 Å². The number of carboxylic acid groups (broad SMARTS) is 1. The van der Waals surface area contributed by atoms with Gasteiger partial charge in [0.05, 0.1) is 0 Å². The highest BCUT2D eigenvalue weighted by molar-refractivity contribution is 5.76. The molecule has 1 unspecified atom stereocenters. The minimum atomic E-state index is -0.805. The Morgan fingerprint density at radius 2 is 2.24 bits per heavy atom. The molecular weight excluding hydrogens is 274 g/mol. The second kappa shape index (κ2) is 7.01. The van der Waals surface area contributed by atoms with Crippen molar-refractivity contribution in [3.05, 3.63) is 28.9 Å². The zero-order valence-corrected chi connectivity index (χ0v) is 11.8. The Morgan fingerprint density at radius 1 is 1.43 bits per heavy atom. The summed E-state index contributed by atoms with van der Waals surface area (Å²) in [5.74, 6) is -0.699. The summed E-state index contributed by atoms with van der Waals surface area (Å²) in [7, 11) is 0. The van der Waals surface area contributed by atoms with Gasteiger partial charge in [-0.05, 0) is 31.2 Å². The van der Waals surface area contributed by atoms with Crippen LogP contribution in [0.2, 0.25) is 0 Å². The predicted molar refractivity (Wildman–Crippen MR) is 74.7 cm³/mol. The fourth-order valence-corrected chi connectivity index (χ4v) is 2.61. The van der Waals surface area contributed by atoms with E-state index in [0.29, 0.717) is 19.5 Å². The molecule has 1 aromatic heterocycles. The van der Waals surface area contributed by atoms with E-state index in [4.69, 9.17) is 5.11 Å². The fourth-order valence-electron chi connectivity index (χ4n) is 2.61. The average Bonchev–Trinajstić information content (AvgIpc) is 2.48. The first-order valence-corrected chi connectivity index (χ1v) is 7.07. The van der Waals surface area contributed by atoms with Crippen LogP contribution >= 0.6 is 0 Å². The van der Waals surface area contributed by atoms with Gasteiger partial charge >= 0.3 is 11.7 Å². The number of likely N-dealkylation sites (tertiary alicyclic amines) is 1. The Labute approximate surface area is 122 Å². The number of rotatable bonds is 5. The molecule has 1 N–H and O–H groups in total. The largest absolute Gasteiger partial charge is 0.481 e. The van der Waals surface area contributed by atoms with Crippen molar-refractivity contribution in [2.45, 2.75) is 32.2 Å². The summed E-state index contributed by atoms with van der Waals surface area (Å²) < 4.78 is 1.28. The summed E-state index contributed by atoms with van der Waals surface area (Å²) in [4.78, 5) is 39.7. The second-order valence-electron chi connectivity index (χ2n) is 5.31. The van der Waals surface area contributed by atoms with E-state index in [-0.39, 0.29) is 24.8 Å². The van der Waals surface area contributed by atoms with Crippen molar-refractivity contribution in [1.29, 1.82) is 0 Å². The van der Waals surface area contributed by atoms with Gasteiger partial charge in [0.1, 0.15) is 6.54 Å². The lowest BCUT2D eigenvalue weighted by Crippen LogP contribution is -2.43. The van der Waals surface area contributed by atoms with E-state index in [2.05, 4.69) is 4.98 Å². The second-order valence-corrected chi connectivity index (χ2v) is 5.31. The zero-order chi connectivity index (χ0) is 15.2. The summed E-state index contributed by atoms with van der Waals surface area (Å²) in [6.07, 6.45) is 5.48. The van der Waals surface area contributed by atoms with Crippen LogP contribution in [0.15, 0.2) is 23.3 Å². The van der Waals surface area contributed by atoms with Crippen LogP contribution in [0.1, 0.15) is 25.7 Å². The molecule has 1 aliphatic rings. The molecule has 1 atom stereocenters. The standard InChI is InChI=1S/C14H19N3O4/c18-12(10-17-8-2-6-15-14(17)21)16-7-1-3-11(9-16)4-5-13(19)20/h2,6,8,11H,1,3-5,7,9-10H2,(H,19,20). The lowest BCUT2D eigenvalue weighted by Gasteiger charge is -2.32. The summed E-state index contributed by atoms with van der Waals surface area (Å²) in [6, 6.07) is 1.61. The van der Waals surface area contributed by atoms with Crippen molar-refractivity contribution >= 4 is 11.9 Å². The van der Waals surface area contributed by atoms with E-state index < -0.39 is 11.7 Å². The first kappa shape index (κ1) is 15.2.